The quantitative estimate of drug-likeness (QED) is 0.488. The molecule has 7 nitrogen and oxygen atoms in total. The smallest absolute Gasteiger partial charge is 0.272 e. The molecular formula is C22H18N6O. The van der Waals surface area contributed by atoms with Gasteiger partial charge in [0.1, 0.15) is 0 Å². The van der Waals surface area contributed by atoms with Crippen molar-refractivity contribution in [2.24, 2.45) is 0 Å². The van der Waals surface area contributed by atoms with Crippen LogP contribution < -0.4 is 5.32 Å². The van der Waals surface area contributed by atoms with Gasteiger partial charge in [0.25, 0.3) is 11.9 Å². The lowest BCUT2D eigenvalue weighted by Crippen LogP contribution is -2.26. The maximum Gasteiger partial charge on any atom is 0.272 e. The molecule has 0 spiro atoms. The Morgan fingerprint density at radius 1 is 0.966 bits per heavy atom. The van der Waals surface area contributed by atoms with Gasteiger partial charge in [0.05, 0.1) is 5.52 Å². The van der Waals surface area contributed by atoms with Crippen LogP contribution in [-0.4, -0.2) is 37.2 Å². The van der Waals surface area contributed by atoms with E-state index in [1.807, 2.05) is 48.7 Å². The number of rotatable bonds is 5. The molecule has 0 radical (unpaired) electrons. The van der Waals surface area contributed by atoms with Crippen molar-refractivity contribution in [2.45, 2.75) is 6.42 Å². The predicted molar refractivity (Wildman–Crippen MR) is 111 cm³/mol. The number of fused-ring (bicyclic) bond motifs is 2. The molecule has 0 aliphatic rings. The molecule has 3 heterocycles. The normalized spacial score (nSPS) is 11.2. The summed E-state index contributed by atoms with van der Waals surface area (Å²) in [5, 5.41) is 9.43. The molecule has 5 rings (SSSR count). The average Bonchev–Trinajstić information content (AvgIpc) is 3.36. The summed E-state index contributed by atoms with van der Waals surface area (Å²) in [4.78, 5) is 24.6. The maximum absolute atomic E-state index is 12.9. The molecular weight excluding hydrogens is 364 g/mol. The van der Waals surface area contributed by atoms with Crippen molar-refractivity contribution in [3.63, 3.8) is 0 Å². The van der Waals surface area contributed by atoms with Crippen LogP contribution in [0.25, 0.3) is 27.8 Å². The number of benzene rings is 2. The first-order valence-corrected chi connectivity index (χ1v) is 9.39. The van der Waals surface area contributed by atoms with Gasteiger partial charge in [-0.15, -0.1) is 0 Å². The lowest BCUT2D eigenvalue weighted by atomic mass is 10.1. The second-order valence-corrected chi connectivity index (χ2v) is 6.69. The highest BCUT2D eigenvalue weighted by Crippen LogP contribution is 2.21. The van der Waals surface area contributed by atoms with Crippen LogP contribution in [0.3, 0.4) is 0 Å². The first-order valence-electron chi connectivity index (χ1n) is 9.39. The summed E-state index contributed by atoms with van der Waals surface area (Å²) in [5.41, 5.74) is 3.43. The predicted octanol–water partition coefficient (Wildman–Crippen LogP) is 3.27. The number of para-hydroxylation sites is 2. The van der Waals surface area contributed by atoms with Gasteiger partial charge in [0.2, 0.25) is 0 Å². The summed E-state index contributed by atoms with van der Waals surface area (Å²) in [6.07, 6.45) is 6.03. The molecule has 0 saturated carbocycles. The number of hydrogen-bond acceptors (Lipinski definition) is 4. The standard InChI is InChI=1S/C22H18N6O/c29-21(23-13-10-15-14-26-18-8-3-1-6-16(15)18)20-17-7-2-4-9-19(17)28(27-20)22-24-11-5-12-25-22/h1-9,11-12,14,26H,10,13H2,(H,23,29). The Morgan fingerprint density at radius 3 is 2.59 bits per heavy atom. The van der Waals surface area contributed by atoms with E-state index in [0.29, 0.717) is 18.2 Å². The van der Waals surface area contributed by atoms with Crippen LogP contribution in [0, 0.1) is 0 Å². The van der Waals surface area contributed by atoms with Crippen molar-refractivity contribution < 1.29 is 4.79 Å². The van der Waals surface area contributed by atoms with Crippen molar-refractivity contribution in [2.75, 3.05) is 6.54 Å². The van der Waals surface area contributed by atoms with Gasteiger partial charge in [-0.2, -0.15) is 9.78 Å². The van der Waals surface area contributed by atoms with Crippen LogP contribution in [0.2, 0.25) is 0 Å². The molecule has 5 aromatic rings. The third-order valence-corrected chi connectivity index (χ3v) is 4.90. The zero-order valence-corrected chi connectivity index (χ0v) is 15.5. The molecule has 1 amide bonds. The molecule has 0 unspecified atom stereocenters. The molecule has 0 saturated heterocycles. The Hall–Kier alpha value is -4.00. The fourth-order valence-corrected chi connectivity index (χ4v) is 3.52. The molecule has 29 heavy (non-hydrogen) atoms. The van der Waals surface area contributed by atoms with Gasteiger partial charge in [-0.1, -0.05) is 36.4 Å². The Bertz CT molecular complexity index is 1300. The molecule has 2 N–H and O–H groups in total. The SMILES string of the molecule is O=C(NCCc1c[nH]c2ccccc12)c1nn(-c2ncccn2)c2ccccc12. The summed E-state index contributed by atoms with van der Waals surface area (Å²) < 4.78 is 1.60. The van der Waals surface area contributed by atoms with Gasteiger partial charge in [-0.25, -0.2) is 9.97 Å². The average molecular weight is 382 g/mol. The molecule has 142 valence electrons. The highest BCUT2D eigenvalue weighted by molar-refractivity contribution is 6.05. The Kier molecular flexibility index (Phi) is 4.25. The molecule has 0 aliphatic carbocycles. The molecule has 0 bridgehead atoms. The van der Waals surface area contributed by atoms with Crippen LogP contribution in [0.4, 0.5) is 0 Å². The third-order valence-electron chi connectivity index (χ3n) is 4.90. The van der Waals surface area contributed by atoms with E-state index in [9.17, 15) is 4.79 Å². The second kappa shape index (κ2) is 7.20. The fourth-order valence-electron chi connectivity index (χ4n) is 3.52. The molecule has 0 atom stereocenters. The van der Waals surface area contributed by atoms with E-state index in [1.165, 1.54) is 10.9 Å². The van der Waals surface area contributed by atoms with Gasteiger partial charge in [0.15, 0.2) is 5.69 Å². The van der Waals surface area contributed by atoms with Crippen molar-refractivity contribution in [1.29, 1.82) is 0 Å². The van der Waals surface area contributed by atoms with E-state index in [4.69, 9.17) is 0 Å². The van der Waals surface area contributed by atoms with Crippen LogP contribution in [0.5, 0.6) is 0 Å². The minimum Gasteiger partial charge on any atom is -0.361 e. The lowest BCUT2D eigenvalue weighted by Gasteiger charge is -2.03. The van der Waals surface area contributed by atoms with E-state index >= 15 is 0 Å². The van der Waals surface area contributed by atoms with Gasteiger partial charge in [-0.05, 0) is 30.2 Å². The number of amides is 1. The minimum atomic E-state index is -0.212. The van der Waals surface area contributed by atoms with E-state index in [0.717, 1.165) is 22.8 Å². The van der Waals surface area contributed by atoms with Crippen LogP contribution >= 0.6 is 0 Å². The van der Waals surface area contributed by atoms with Crippen molar-refractivity contribution in [3.8, 4) is 5.95 Å². The van der Waals surface area contributed by atoms with Gasteiger partial charge in [-0.3, -0.25) is 4.79 Å². The summed E-state index contributed by atoms with van der Waals surface area (Å²) >= 11 is 0. The monoisotopic (exact) mass is 382 g/mol. The summed E-state index contributed by atoms with van der Waals surface area (Å²) in [5.74, 6) is 0.220. The van der Waals surface area contributed by atoms with E-state index in [-0.39, 0.29) is 5.91 Å². The number of aromatic amines is 1. The number of nitrogens with one attached hydrogen (secondary N) is 2. The summed E-state index contributed by atoms with van der Waals surface area (Å²) in [7, 11) is 0. The van der Waals surface area contributed by atoms with E-state index in [1.54, 1.807) is 23.1 Å². The number of nitrogens with zero attached hydrogens (tertiary/aromatic N) is 4. The lowest BCUT2D eigenvalue weighted by molar-refractivity contribution is 0.0950. The molecule has 0 fully saturated rings. The number of H-pyrrole nitrogens is 1. The molecule has 0 aliphatic heterocycles. The second-order valence-electron chi connectivity index (χ2n) is 6.69. The number of aromatic nitrogens is 5. The molecule has 2 aromatic carbocycles. The van der Waals surface area contributed by atoms with E-state index in [2.05, 4.69) is 31.4 Å². The van der Waals surface area contributed by atoms with Gasteiger partial charge < -0.3 is 10.3 Å². The zero-order valence-electron chi connectivity index (χ0n) is 15.5. The Morgan fingerprint density at radius 2 is 1.72 bits per heavy atom. The number of carbonyl (C=O) groups is 1. The fraction of sp³-hybridized carbons (Fsp3) is 0.0909. The van der Waals surface area contributed by atoms with Crippen molar-refractivity contribution in [1.82, 2.24) is 30.0 Å². The van der Waals surface area contributed by atoms with Crippen molar-refractivity contribution >= 4 is 27.7 Å². The summed E-state index contributed by atoms with van der Waals surface area (Å²) in [6.45, 7) is 0.518. The maximum atomic E-state index is 12.9. The topological polar surface area (TPSA) is 88.5 Å². The minimum absolute atomic E-state index is 0.212. The Labute approximate surface area is 166 Å². The van der Waals surface area contributed by atoms with Gasteiger partial charge >= 0.3 is 0 Å². The first-order chi connectivity index (χ1) is 14.3. The zero-order chi connectivity index (χ0) is 19.6. The number of hydrogen-bond donors (Lipinski definition) is 2. The van der Waals surface area contributed by atoms with Crippen LogP contribution in [0.1, 0.15) is 16.1 Å². The highest BCUT2D eigenvalue weighted by atomic mass is 16.1. The molecule has 7 heteroatoms. The van der Waals surface area contributed by atoms with Crippen LogP contribution in [-0.2, 0) is 6.42 Å². The first kappa shape index (κ1) is 17.1. The molecule has 3 aromatic heterocycles. The van der Waals surface area contributed by atoms with Crippen LogP contribution in [0.15, 0.2) is 73.2 Å². The highest BCUT2D eigenvalue weighted by Gasteiger charge is 2.18. The van der Waals surface area contributed by atoms with Crippen molar-refractivity contribution in [3.05, 3.63) is 84.4 Å². The van der Waals surface area contributed by atoms with Gasteiger partial charge in [0, 0.05) is 41.4 Å². The van der Waals surface area contributed by atoms with E-state index < -0.39 is 0 Å². The number of carbonyl (C=O) groups excluding carboxylic acids is 1. The third kappa shape index (κ3) is 3.12. The summed E-state index contributed by atoms with van der Waals surface area (Å²) in [6, 6.07) is 17.5. The largest absolute Gasteiger partial charge is 0.361 e. The Balaban J connectivity index is 1.38.